The predicted octanol–water partition coefficient (Wildman–Crippen LogP) is 3.97. The third kappa shape index (κ3) is 4.60. The van der Waals surface area contributed by atoms with Gasteiger partial charge < -0.3 is 26.3 Å². The highest BCUT2D eigenvalue weighted by Gasteiger charge is 2.38. The highest BCUT2D eigenvalue weighted by Crippen LogP contribution is 2.36. The summed E-state index contributed by atoms with van der Waals surface area (Å²) < 4.78 is 37.3. The number of fused-ring (bicyclic) bond motifs is 3. The van der Waals surface area contributed by atoms with Gasteiger partial charge in [-0.1, -0.05) is 12.1 Å². The van der Waals surface area contributed by atoms with Crippen LogP contribution in [-0.4, -0.2) is 38.8 Å². The van der Waals surface area contributed by atoms with Gasteiger partial charge in [0.05, 0.1) is 23.0 Å². The molecule has 2 aromatic heterocycles. The molecule has 4 rings (SSSR count). The first-order valence-corrected chi connectivity index (χ1v) is 8.98. The van der Waals surface area contributed by atoms with Crippen LogP contribution in [0.4, 0.5) is 24.9 Å². The van der Waals surface area contributed by atoms with E-state index in [9.17, 15) is 13.2 Å². The number of halogens is 3. The van der Waals surface area contributed by atoms with E-state index in [-0.39, 0.29) is 5.95 Å². The molecule has 162 valence electrons. The molecule has 11 heteroatoms. The monoisotopic (exact) mass is 433 g/mol. The summed E-state index contributed by atoms with van der Waals surface area (Å²) in [5, 5.41) is 8.91. The van der Waals surface area contributed by atoms with Crippen LogP contribution >= 0.6 is 0 Å². The lowest BCUT2D eigenvalue weighted by molar-refractivity contribution is -0.192. The van der Waals surface area contributed by atoms with Crippen molar-refractivity contribution in [2.45, 2.75) is 13.1 Å². The number of benzene rings is 2. The van der Waals surface area contributed by atoms with E-state index in [1.165, 1.54) is 0 Å². The molecule has 0 saturated heterocycles. The topological polar surface area (TPSA) is 140 Å². The fourth-order valence-electron chi connectivity index (χ4n) is 3.05. The lowest BCUT2D eigenvalue weighted by Gasteiger charge is -2.10. The Morgan fingerprint density at radius 1 is 1.19 bits per heavy atom. The minimum atomic E-state index is -5.08. The van der Waals surface area contributed by atoms with Crippen LogP contribution in [0.3, 0.4) is 0 Å². The standard InChI is InChI=1S/C18H17N5O.C2HF3O2/c1-2-24-11-5-3-4-10(8-11)13-9-14-15(12-6-7-21-16(12)13)17(19)23-18(20)22-14;3-2(4,5)1(6)7/h3-9,21H,2H2,1H3,(H4,19,20,22,23);(H,6,7). The van der Waals surface area contributed by atoms with E-state index in [1.807, 2.05) is 49.5 Å². The first-order chi connectivity index (χ1) is 14.6. The van der Waals surface area contributed by atoms with Crippen molar-refractivity contribution in [2.75, 3.05) is 18.1 Å². The van der Waals surface area contributed by atoms with Crippen LogP contribution in [0.2, 0.25) is 0 Å². The number of alkyl halides is 3. The van der Waals surface area contributed by atoms with Gasteiger partial charge in [-0.05, 0) is 36.8 Å². The number of rotatable bonds is 3. The van der Waals surface area contributed by atoms with Crippen LogP contribution < -0.4 is 16.2 Å². The SMILES string of the molecule is CCOc1cccc(-c2cc3nc(N)nc(N)c3c3cc[nH]c23)c1.O=C(O)C(F)(F)F. The molecule has 0 spiro atoms. The number of aromatic amines is 1. The van der Waals surface area contributed by atoms with E-state index in [1.54, 1.807) is 0 Å². The number of carboxylic acid groups (broad SMARTS) is 1. The van der Waals surface area contributed by atoms with Gasteiger partial charge >= 0.3 is 12.1 Å². The number of anilines is 2. The second-order valence-electron chi connectivity index (χ2n) is 6.32. The smallest absolute Gasteiger partial charge is 0.490 e. The Labute approximate surface area is 173 Å². The van der Waals surface area contributed by atoms with Crippen LogP contribution in [0.15, 0.2) is 42.6 Å². The molecular weight excluding hydrogens is 415 g/mol. The first kappa shape index (κ1) is 21.7. The summed E-state index contributed by atoms with van der Waals surface area (Å²) in [6, 6.07) is 11.9. The van der Waals surface area contributed by atoms with E-state index in [0.29, 0.717) is 12.4 Å². The molecule has 31 heavy (non-hydrogen) atoms. The molecule has 0 atom stereocenters. The van der Waals surface area contributed by atoms with Crippen molar-refractivity contribution < 1.29 is 27.8 Å². The Hall–Kier alpha value is -4.02. The van der Waals surface area contributed by atoms with E-state index in [4.69, 9.17) is 26.1 Å². The number of ether oxygens (including phenoxy) is 1. The third-order valence-electron chi connectivity index (χ3n) is 4.25. The van der Waals surface area contributed by atoms with Gasteiger partial charge in [0.25, 0.3) is 0 Å². The predicted molar refractivity (Wildman–Crippen MR) is 111 cm³/mol. The Morgan fingerprint density at radius 3 is 2.55 bits per heavy atom. The first-order valence-electron chi connectivity index (χ1n) is 8.98. The normalized spacial score (nSPS) is 11.2. The molecule has 2 heterocycles. The number of nitrogen functional groups attached to an aromatic ring is 2. The van der Waals surface area contributed by atoms with Crippen molar-refractivity contribution in [1.82, 2.24) is 15.0 Å². The van der Waals surface area contributed by atoms with Crippen LogP contribution in [0.5, 0.6) is 5.75 Å². The number of nitrogens with two attached hydrogens (primary N) is 2. The molecule has 0 amide bonds. The highest BCUT2D eigenvalue weighted by molar-refractivity contribution is 6.15. The molecule has 8 nitrogen and oxygen atoms in total. The summed E-state index contributed by atoms with van der Waals surface area (Å²) in [5.74, 6) is -1.37. The zero-order valence-corrected chi connectivity index (χ0v) is 16.2. The summed E-state index contributed by atoms with van der Waals surface area (Å²) in [6.07, 6.45) is -3.20. The summed E-state index contributed by atoms with van der Waals surface area (Å²) >= 11 is 0. The fraction of sp³-hybridized carbons (Fsp3) is 0.150. The van der Waals surface area contributed by atoms with Gasteiger partial charge in [0, 0.05) is 17.1 Å². The van der Waals surface area contributed by atoms with Gasteiger partial charge in [-0.25, -0.2) is 9.78 Å². The van der Waals surface area contributed by atoms with E-state index in [0.717, 1.165) is 38.7 Å². The number of aliphatic carboxylic acids is 1. The number of hydrogen-bond donors (Lipinski definition) is 4. The van der Waals surface area contributed by atoms with Crippen molar-refractivity contribution >= 4 is 39.5 Å². The second-order valence-corrected chi connectivity index (χ2v) is 6.32. The average Bonchev–Trinajstić information content (AvgIpc) is 3.16. The minimum absolute atomic E-state index is 0.170. The second kappa shape index (κ2) is 8.38. The molecule has 0 radical (unpaired) electrons. The lowest BCUT2D eigenvalue weighted by atomic mass is 10.00. The van der Waals surface area contributed by atoms with Gasteiger partial charge in [0.2, 0.25) is 5.95 Å². The maximum Gasteiger partial charge on any atom is 0.490 e. The van der Waals surface area contributed by atoms with Crippen LogP contribution in [-0.2, 0) is 4.79 Å². The molecule has 0 aliphatic heterocycles. The molecule has 4 aromatic rings. The fourth-order valence-corrected chi connectivity index (χ4v) is 3.05. The Kier molecular flexibility index (Phi) is 5.86. The number of carbonyl (C=O) groups is 1. The number of nitrogens with zero attached hydrogens (tertiary/aromatic N) is 2. The molecule has 0 unspecified atom stereocenters. The Morgan fingerprint density at radius 2 is 1.90 bits per heavy atom. The Bertz CT molecular complexity index is 1250. The van der Waals surface area contributed by atoms with Crippen molar-refractivity contribution in [3.8, 4) is 16.9 Å². The Balaban J connectivity index is 0.000000339. The summed E-state index contributed by atoms with van der Waals surface area (Å²) in [6.45, 7) is 2.59. The van der Waals surface area contributed by atoms with Crippen molar-refractivity contribution in [3.05, 3.63) is 42.6 Å². The number of H-pyrrole nitrogens is 1. The van der Waals surface area contributed by atoms with Gasteiger partial charge in [0.1, 0.15) is 11.6 Å². The third-order valence-corrected chi connectivity index (χ3v) is 4.25. The van der Waals surface area contributed by atoms with Gasteiger partial charge in [-0.3, -0.25) is 0 Å². The number of aromatic nitrogens is 3. The van der Waals surface area contributed by atoms with Crippen molar-refractivity contribution in [3.63, 3.8) is 0 Å². The zero-order chi connectivity index (χ0) is 22.8. The zero-order valence-electron chi connectivity index (χ0n) is 16.2. The molecular formula is C20H18F3N5O3. The highest BCUT2D eigenvalue weighted by atomic mass is 19.4. The molecule has 0 aliphatic carbocycles. The quantitative estimate of drug-likeness (QED) is 0.383. The van der Waals surface area contributed by atoms with Gasteiger partial charge in [0.15, 0.2) is 0 Å². The molecule has 6 N–H and O–H groups in total. The van der Waals surface area contributed by atoms with E-state index < -0.39 is 12.1 Å². The molecule has 0 fully saturated rings. The average molecular weight is 433 g/mol. The number of hydrogen-bond acceptors (Lipinski definition) is 6. The van der Waals surface area contributed by atoms with Crippen molar-refractivity contribution in [1.29, 1.82) is 0 Å². The maximum absolute atomic E-state index is 10.6. The van der Waals surface area contributed by atoms with Crippen LogP contribution in [0, 0.1) is 0 Å². The van der Waals surface area contributed by atoms with E-state index >= 15 is 0 Å². The van der Waals surface area contributed by atoms with Gasteiger partial charge in [-0.2, -0.15) is 18.2 Å². The molecule has 0 saturated carbocycles. The largest absolute Gasteiger partial charge is 0.494 e. The van der Waals surface area contributed by atoms with Crippen LogP contribution in [0.1, 0.15) is 6.92 Å². The minimum Gasteiger partial charge on any atom is -0.494 e. The molecule has 2 aromatic carbocycles. The van der Waals surface area contributed by atoms with Crippen molar-refractivity contribution in [2.24, 2.45) is 0 Å². The summed E-state index contributed by atoms with van der Waals surface area (Å²) in [5.41, 5.74) is 15.6. The summed E-state index contributed by atoms with van der Waals surface area (Å²) in [4.78, 5) is 20.6. The molecule has 0 aliphatic rings. The number of nitrogens with one attached hydrogen (secondary N) is 1. The van der Waals surface area contributed by atoms with Gasteiger partial charge in [-0.15, -0.1) is 0 Å². The molecule has 0 bridgehead atoms. The maximum atomic E-state index is 10.6. The summed E-state index contributed by atoms with van der Waals surface area (Å²) in [7, 11) is 0. The van der Waals surface area contributed by atoms with Crippen LogP contribution in [0.25, 0.3) is 32.9 Å². The number of carboxylic acids is 1. The van der Waals surface area contributed by atoms with E-state index in [2.05, 4.69) is 15.0 Å². The lowest BCUT2D eigenvalue weighted by Crippen LogP contribution is -2.21.